The molecule has 6 N–H and O–H groups in total. The summed E-state index contributed by atoms with van der Waals surface area (Å²) in [7, 11) is 0. The van der Waals surface area contributed by atoms with Crippen LogP contribution in [-0.4, -0.2) is 87.5 Å². The molecule has 0 saturated carbocycles. The van der Waals surface area contributed by atoms with Crippen molar-refractivity contribution in [2.24, 2.45) is 0 Å². The van der Waals surface area contributed by atoms with E-state index >= 15 is 0 Å². The Balaban J connectivity index is 2.25. The van der Waals surface area contributed by atoms with Gasteiger partial charge < -0.3 is 40.3 Å². The molecule has 344 valence electrons. The number of rotatable bonds is 42. The first-order valence-electron chi connectivity index (χ1n) is 24.9. The Morgan fingerprint density at radius 2 is 0.948 bits per heavy atom. The molecule has 0 aromatic heterocycles. The highest BCUT2D eigenvalue weighted by Gasteiger charge is 2.44. The fourth-order valence-corrected chi connectivity index (χ4v) is 8.10. The number of allylic oxidation sites excluding steroid dienone is 1. The summed E-state index contributed by atoms with van der Waals surface area (Å²) in [6.45, 7) is 3.79. The molecule has 0 bridgehead atoms. The smallest absolute Gasteiger partial charge is 0.220 e. The number of hydrogen-bond donors (Lipinski definition) is 6. The number of ether oxygens (including phenoxy) is 2. The molecule has 1 saturated heterocycles. The van der Waals surface area contributed by atoms with Crippen LogP contribution in [0.4, 0.5) is 0 Å². The van der Waals surface area contributed by atoms with Crippen LogP contribution in [0.15, 0.2) is 12.2 Å². The van der Waals surface area contributed by atoms with Crippen molar-refractivity contribution in [2.75, 3.05) is 13.2 Å². The molecule has 1 aliphatic heterocycles. The SMILES string of the molecule is CCCCCCCCCCCCCC=C[C@@H](O)[C@H](CO[C@@H]1O[C@H](CO)[C@@H](O)[C@H](O)[C@H]1O)NC(=O)CCCCCCCCCCCCCCCCCCCCCCCC. The first-order chi connectivity index (χ1) is 28.3. The molecule has 58 heavy (non-hydrogen) atoms. The zero-order chi connectivity index (χ0) is 42.3. The molecule has 0 aliphatic carbocycles. The first kappa shape index (κ1) is 54.9. The minimum absolute atomic E-state index is 0.173. The van der Waals surface area contributed by atoms with Crippen LogP contribution in [0.25, 0.3) is 0 Å². The van der Waals surface area contributed by atoms with E-state index in [2.05, 4.69) is 19.2 Å². The van der Waals surface area contributed by atoms with E-state index < -0.39 is 49.5 Å². The number of hydrogen-bond acceptors (Lipinski definition) is 8. The fraction of sp³-hybridized carbons (Fsp3) is 0.939. The van der Waals surface area contributed by atoms with E-state index in [0.717, 1.165) is 38.5 Å². The maximum absolute atomic E-state index is 13.0. The van der Waals surface area contributed by atoms with Gasteiger partial charge in [-0.05, 0) is 19.3 Å². The van der Waals surface area contributed by atoms with Gasteiger partial charge in [0.15, 0.2) is 6.29 Å². The summed E-state index contributed by atoms with van der Waals surface area (Å²) in [5, 5.41) is 54.2. The third kappa shape index (κ3) is 30.0. The monoisotopic (exact) mass is 826 g/mol. The quantitative estimate of drug-likeness (QED) is 0.0263. The number of amides is 1. The number of aliphatic hydroxyl groups is 5. The molecule has 7 atom stereocenters. The predicted octanol–water partition coefficient (Wildman–Crippen LogP) is 10.9. The van der Waals surface area contributed by atoms with Gasteiger partial charge in [-0.15, -0.1) is 0 Å². The average molecular weight is 826 g/mol. The lowest BCUT2D eigenvalue weighted by Gasteiger charge is -2.40. The predicted molar refractivity (Wildman–Crippen MR) is 240 cm³/mol. The van der Waals surface area contributed by atoms with Crippen molar-refractivity contribution in [1.82, 2.24) is 5.32 Å². The summed E-state index contributed by atoms with van der Waals surface area (Å²) >= 11 is 0. The molecule has 1 rings (SSSR count). The molecule has 0 radical (unpaired) electrons. The van der Waals surface area contributed by atoms with E-state index in [-0.39, 0.29) is 12.5 Å². The van der Waals surface area contributed by atoms with Gasteiger partial charge in [0.2, 0.25) is 5.91 Å². The number of unbranched alkanes of at least 4 members (excludes halogenated alkanes) is 32. The molecule has 1 heterocycles. The van der Waals surface area contributed by atoms with Crippen LogP contribution in [0.5, 0.6) is 0 Å². The second-order valence-electron chi connectivity index (χ2n) is 17.6. The Kier molecular flexibility index (Phi) is 37.9. The number of carbonyl (C=O) groups is 1. The van der Waals surface area contributed by atoms with Gasteiger partial charge in [0.25, 0.3) is 0 Å². The summed E-state index contributed by atoms with van der Waals surface area (Å²) in [5.41, 5.74) is 0. The van der Waals surface area contributed by atoms with Crippen LogP contribution in [-0.2, 0) is 14.3 Å². The van der Waals surface area contributed by atoms with Crippen molar-refractivity contribution < 1.29 is 39.8 Å². The summed E-state index contributed by atoms with van der Waals surface area (Å²) in [5.74, 6) is -0.173. The zero-order valence-corrected chi connectivity index (χ0v) is 37.8. The van der Waals surface area contributed by atoms with Crippen molar-refractivity contribution in [3.8, 4) is 0 Å². The summed E-state index contributed by atoms with van der Waals surface area (Å²) < 4.78 is 11.2. The highest BCUT2D eigenvalue weighted by molar-refractivity contribution is 5.76. The van der Waals surface area contributed by atoms with Gasteiger partial charge in [-0.3, -0.25) is 4.79 Å². The van der Waals surface area contributed by atoms with E-state index in [0.29, 0.717) is 6.42 Å². The van der Waals surface area contributed by atoms with E-state index in [1.54, 1.807) is 6.08 Å². The first-order valence-corrected chi connectivity index (χ1v) is 24.9. The molecule has 0 aromatic carbocycles. The van der Waals surface area contributed by atoms with Crippen molar-refractivity contribution in [3.63, 3.8) is 0 Å². The van der Waals surface area contributed by atoms with Crippen LogP contribution in [0.3, 0.4) is 0 Å². The normalized spacial score (nSPS) is 20.8. The van der Waals surface area contributed by atoms with Gasteiger partial charge in [-0.2, -0.15) is 0 Å². The van der Waals surface area contributed by atoms with Gasteiger partial charge in [-0.1, -0.05) is 225 Å². The van der Waals surface area contributed by atoms with Crippen molar-refractivity contribution in [2.45, 2.75) is 281 Å². The van der Waals surface area contributed by atoms with E-state index in [9.17, 15) is 30.3 Å². The van der Waals surface area contributed by atoms with Crippen molar-refractivity contribution >= 4 is 5.91 Å². The Labute approximate surface area is 356 Å². The minimum atomic E-state index is -1.56. The van der Waals surface area contributed by atoms with Gasteiger partial charge in [-0.25, -0.2) is 0 Å². The molecular weight excluding hydrogens is 731 g/mol. The van der Waals surface area contributed by atoms with Gasteiger partial charge in [0.05, 0.1) is 25.4 Å². The second kappa shape index (κ2) is 40.0. The Morgan fingerprint density at radius 3 is 1.34 bits per heavy atom. The zero-order valence-electron chi connectivity index (χ0n) is 37.8. The number of carbonyl (C=O) groups excluding carboxylic acids is 1. The Bertz CT molecular complexity index is 919. The molecular formula is C49H95NO8. The average Bonchev–Trinajstić information content (AvgIpc) is 3.22. The molecule has 0 aromatic rings. The van der Waals surface area contributed by atoms with Crippen LogP contribution in [0.2, 0.25) is 0 Å². The van der Waals surface area contributed by atoms with Crippen LogP contribution >= 0.6 is 0 Å². The van der Waals surface area contributed by atoms with Gasteiger partial charge in [0.1, 0.15) is 24.4 Å². The van der Waals surface area contributed by atoms with Crippen LogP contribution in [0, 0.1) is 0 Å². The summed E-state index contributed by atoms with van der Waals surface area (Å²) in [6.07, 6.45) is 39.8. The molecule has 9 heteroatoms. The molecule has 1 amide bonds. The third-order valence-electron chi connectivity index (χ3n) is 12.1. The van der Waals surface area contributed by atoms with Gasteiger partial charge in [0, 0.05) is 6.42 Å². The van der Waals surface area contributed by atoms with Crippen LogP contribution in [0.1, 0.15) is 239 Å². The highest BCUT2D eigenvalue weighted by atomic mass is 16.7. The molecule has 1 aliphatic rings. The fourth-order valence-electron chi connectivity index (χ4n) is 8.10. The second-order valence-corrected chi connectivity index (χ2v) is 17.6. The van der Waals surface area contributed by atoms with Crippen LogP contribution < -0.4 is 5.32 Å². The third-order valence-corrected chi connectivity index (χ3v) is 12.1. The largest absolute Gasteiger partial charge is 0.394 e. The summed E-state index contributed by atoms with van der Waals surface area (Å²) in [4.78, 5) is 13.0. The topological polar surface area (TPSA) is 149 Å². The highest BCUT2D eigenvalue weighted by Crippen LogP contribution is 2.23. The maximum Gasteiger partial charge on any atom is 0.220 e. The molecule has 0 unspecified atom stereocenters. The van der Waals surface area contributed by atoms with Crippen molar-refractivity contribution in [1.29, 1.82) is 0 Å². The molecule has 0 spiro atoms. The van der Waals surface area contributed by atoms with E-state index in [1.807, 2.05) is 6.08 Å². The van der Waals surface area contributed by atoms with E-state index in [4.69, 9.17) is 9.47 Å². The lowest BCUT2D eigenvalue weighted by atomic mass is 9.99. The standard InChI is InChI=1S/C49H95NO8/c1-3-5-7-9-11-13-15-17-18-19-20-21-22-23-24-25-27-29-31-33-35-37-39-45(53)50-42(41-57-49-48(56)47(55)46(54)44(40-51)58-49)43(52)38-36-34-32-30-28-26-16-14-12-10-8-6-4-2/h36,38,42-44,46-49,51-52,54-56H,3-35,37,39-41H2,1-2H3,(H,50,53)/t42-,43+,44+,46+,47-,48+,49+/m0/s1. The van der Waals surface area contributed by atoms with Gasteiger partial charge >= 0.3 is 0 Å². The molecule has 9 nitrogen and oxygen atoms in total. The number of nitrogens with one attached hydrogen (secondary N) is 1. The lowest BCUT2D eigenvalue weighted by Crippen LogP contribution is -2.60. The van der Waals surface area contributed by atoms with E-state index in [1.165, 1.54) is 180 Å². The Hall–Kier alpha value is -1.07. The summed E-state index contributed by atoms with van der Waals surface area (Å²) in [6, 6.07) is -0.798. The lowest BCUT2D eigenvalue weighted by molar-refractivity contribution is -0.302. The number of aliphatic hydroxyl groups excluding tert-OH is 5. The maximum atomic E-state index is 13.0. The molecule has 1 fully saturated rings. The minimum Gasteiger partial charge on any atom is -0.394 e. The van der Waals surface area contributed by atoms with Crippen molar-refractivity contribution in [3.05, 3.63) is 12.2 Å². The Morgan fingerprint density at radius 1 is 0.569 bits per heavy atom.